The fourth-order valence-electron chi connectivity index (χ4n) is 4.81. The van der Waals surface area contributed by atoms with Gasteiger partial charge in [-0.2, -0.15) is 0 Å². The SMILES string of the molecule is CO[C@H]1O[C@]2(C)OO[C@]13CCCC[C@@H]3C[C@@H]2Cc1ccc(CO)cc1. The van der Waals surface area contributed by atoms with E-state index in [9.17, 15) is 5.11 Å². The molecular formula is C20H28O5. The van der Waals surface area contributed by atoms with Crippen LogP contribution in [0.5, 0.6) is 0 Å². The molecule has 0 aromatic heterocycles. The van der Waals surface area contributed by atoms with E-state index in [1.807, 2.05) is 19.1 Å². The van der Waals surface area contributed by atoms with Gasteiger partial charge in [0.05, 0.1) is 6.61 Å². The highest BCUT2D eigenvalue weighted by atomic mass is 17.3. The van der Waals surface area contributed by atoms with Gasteiger partial charge in [-0.15, -0.1) is 0 Å². The van der Waals surface area contributed by atoms with Crippen molar-refractivity contribution in [1.29, 1.82) is 0 Å². The molecule has 4 aliphatic rings. The van der Waals surface area contributed by atoms with Crippen molar-refractivity contribution in [3.63, 3.8) is 0 Å². The van der Waals surface area contributed by atoms with Gasteiger partial charge >= 0.3 is 0 Å². The Morgan fingerprint density at radius 3 is 2.64 bits per heavy atom. The quantitative estimate of drug-likeness (QED) is 0.846. The van der Waals surface area contributed by atoms with Gasteiger partial charge in [0, 0.05) is 13.0 Å². The molecule has 25 heavy (non-hydrogen) atoms. The molecule has 0 amide bonds. The standard InChI is InChI=1S/C20H28O5/c1-19-17(11-14-6-8-15(13-21)9-7-14)12-16-5-3-4-10-20(16,25-24-19)18(22-2)23-19/h6-9,16-18,21H,3-5,10-13H2,1-2H3/t16-,17+,18+,19-,20+/m1/s1. The minimum Gasteiger partial charge on any atom is -0.392 e. The van der Waals surface area contributed by atoms with Crippen LogP contribution in [0.15, 0.2) is 24.3 Å². The van der Waals surface area contributed by atoms with E-state index in [1.54, 1.807) is 7.11 Å². The molecule has 0 radical (unpaired) electrons. The Hall–Kier alpha value is -0.980. The molecule has 4 fully saturated rings. The molecule has 3 heterocycles. The first-order chi connectivity index (χ1) is 12.1. The number of hydrogen-bond donors (Lipinski definition) is 1. The Kier molecular flexibility index (Phi) is 4.63. The summed E-state index contributed by atoms with van der Waals surface area (Å²) >= 11 is 0. The number of fused-ring (bicyclic) bond motifs is 3. The molecule has 1 N–H and O–H groups in total. The van der Waals surface area contributed by atoms with Crippen LogP contribution in [0.2, 0.25) is 0 Å². The van der Waals surface area contributed by atoms with Gasteiger partial charge in [-0.25, -0.2) is 9.78 Å². The summed E-state index contributed by atoms with van der Waals surface area (Å²) < 4.78 is 12.0. The Balaban J connectivity index is 1.62. The summed E-state index contributed by atoms with van der Waals surface area (Å²) in [6, 6.07) is 8.11. The van der Waals surface area contributed by atoms with Crippen LogP contribution in [0.4, 0.5) is 0 Å². The zero-order valence-electron chi connectivity index (χ0n) is 15.1. The third-order valence-corrected chi connectivity index (χ3v) is 6.38. The Morgan fingerprint density at radius 1 is 1.16 bits per heavy atom. The third-order valence-electron chi connectivity index (χ3n) is 6.38. The van der Waals surface area contributed by atoms with E-state index in [2.05, 4.69) is 12.1 Å². The fraction of sp³-hybridized carbons (Fsp3) is 0.700. The highest BCUT2D eigenvalue weighted by Crippen LogP contribution is 2.54. The molecule has 1 spiro atoms. The van der Waals surface area contributed by atoms with Gasteiger partial charge < -0.3 is 14.6 Å². The van der Waals surface area contributed by atoms with E-state index in [4.69, 9.17) is 19.2 Å². The van der Waals surface area contributed by atoms with E-state index >= 15 is 0 Å². The summed E-state index contributed by atoms with van der Waals surface area (Å²) in [5.41, 5.74) is 1.68. The second kappa shape index (κ2) is 6.63. The first-order valence-corrected chi connectivity index (χ1v) is 9.36. The Labute approximate surface area is 149 Å². The number of methoxy groups -OCH3 is 1. The lowest BCUT2D eigenvalue weighted by Gasteiger charge is -2.49. The molecule has 1 saturated carbocycles. The van der Waals surface area contributed by atoms with Gasteiger partial charge in [0.1, 0.15) is 0 Å². The van der Waals surface area contributed by atoms with Crippen LogP contribution in [-0.2, 0) is 32.3 Å². The first-order valence-electron chi connectivity index (χ1n) is 9.36. The molecule has 1 aromatic carbocycles. The van der Waals surface area contributed by atoms with Gasteiger partial charge in [0.15, 0.2) is 11.9 Å². The average molecular weight is 348 g/mol. The third kappa shape index (κ3) is 2.92. The maximum absolute atomic E-state index is 9.23. The molecule has 0 unspecified atom stereocenters. The van der Waals surface area contributed by atoms with Crippen molar-refractivity contribution in [2.24, 2.45) is 11.8 Å². The zero-order chi connectivity index (χ0) is 17.5. The van der Waals surface area contributed by atoms with Crippen molar-refractivity contribution >= 4 is 0 Å². The van der Waals surface area contributed by atoms with Gasteiger partial charge in [-0.1, -0.05) is 37.1 Å². The lowest BCUT2D eigenvalue weighted by Crippen LogP contribution is -2.60. The largest absolute Gasteiger partial charge is 0.392 e. The van der Waals surface area contributed by atoms with Crippen LogP contribution in [0.3, 0.4) is 0 Å². The fourth-order valence-corrected chi connectivity index (χ4v) is 4.81. The first kappa shape index (κ1) is 17.4. The van der Waals surface area contributed by atoms with E-state index in [0.29, 0.717) is 5.92 Å². The maximum Gasteiger partial charge on any atom is 0.204 e. The molecule has 5 nitrogen and oxygen atoms in total. The minimum absolute atomic E-state index is 0.0710. The van der Waals surface area contributed by atoms with E-state index < -0.39 is 11.4 Å². The van der Waals surface area contributed by atoms with Crippen molar-refractivity contribution < 1.29 is 24.4 Å². The molecule has 3 saturated heterocycles. The number of ether oxygens (including phenoxy) is 2. The molecule has 2 bridgehead atoms. The number of aliphatic hydroxyl groups is 1. The predicted molar refractivity (Wildman–Crippen MR) is 91.3 cm³/mol. The highest BCUT2D eigenvalue weighted by Gasteiger charge is 2.62. The summed E-state index contributed by atoms with van der Waals surface area (Å²) in [4.78, 5) is 11.9. The highest BCUT2D eigenvalue weighted by molar-refractivity contribution is 5.23. The van der Waals surface area contributed by atoms with Gasteiger partial charge in [-0.3, -0.25) is 0 Å². The van der Waals surface area contributed by atoms with Gasteiger partial charge in [0.2, 0.25) is 5.79 Å². The lowest BCUT2D eigenvalue weighted by molar-refractivity contribution is -0.553. The zero-order valence-corrected chi connectivity index (χ0v) is 15.1. The van der Waals surface area contributed by atoms with Crippen LogP contribution >= 0.6 is 0 Å². The normalized spacial score (nSPS) is 40.5. The topological polar surface area (TPSA) is 57.2 Å². The van der Waals surface area contributed by atoms with Crippen LogP contribution in [0.25, 0.3) is 0 Å². The molecule has 1 aliphatic carbocycles. The monoisotopic (exact) mass is 348 g/mol. The Morgan fingerprint density at radius 2 is 1.92 bits per heavy atom. The summed E-state index contributed by atoms with van der Waals surface area (Å²) in [6.07, 6.45) is 5.88. The van der Waals surface area contributed by atoms with Crippen LogP contribution in [0, 0.1) is 11.8 Å². The van der Waals surface area contributed by atoms with Crippen molar-refractivity contribution in [2.75, 3.05) is 7.11 Å². The van der Waals surface area contributed by atoms with Gasteiger partial charge in [-0.05, 0) is 49.7 Å². The molecule has 5 heteroatoms. The van der Waals surface area contributed by atoms with Gasteiger partial charge in [0.25, 0.3) is 0 Å². The molecule has 1 aromatic rings. The maximum atomic E-state index is 9.23. The van der Waals surface area contributed by atoms with Crippen molar-refractivity contribution in [3.05, 3.63) is 35.4 Å². The summed E-state index contributed by atoms with van der Waals surface area (Å²) in [6.45, 7) is 2.04. The number of aliphatic hydroxyl groups excluding tert-OH is 1. The second-order valence-electron chi connectivity index (χ2n) is 7.88. The number of rotatable bonds is 4. The summed E-state index contributed by atoms with van der Waals surface area (Å²) in [5, 5.41) is 9.23. The van der Waals surface area contributed by atoms with Crippen molar-refractivity contribution in [2.45, 2.75) is 69.7 Å². The molecule has 5 atom stereocenters. The molecule has 3 aliphatic heterocycles. The number of benzene rings is 1. The molecule has 138 valence electrons. The second-order valence-corrected chi connectivity index (χ2v) is 7.88. The van der Waals surface area contributed by atoms with E-state index in [0.717, 1.165) is 37.7 Å². The van der Waals surface area contributed by atoms with E-state index in [1.165, 1.54) is 12.0 Å². The molecule has 5 rings (SSSR count). The Bertz CT molecular complexity index is 603. The summed E-state index contributed by atoms with van der Waals surface area (Å²) in [5.74, 6) is -0.228. The van der Waals surface area contributed by atoms with Crippen LogP contribution < -0.4 is 0 Å². The molecular weight excluding hydrogens is 320 g/mol. The van der Waals surface area contributed by atoms with Crippen molar-refractivity contribution in [1.82, 2.24) is 0 Å². The smallest absolute Gasteiger partial charge is 0.204 e. The minimum atomic E-state index is -0.807. The van der Waals surface area contributed by atoms with Crippen molar-refractivity contribution in [3.8, 4) is 0 Å². The van der Waals surface area contributed by atoms with Crippen LogP contribution in [-0.4, -0.2) is 29.9 Å². The lowest BCUT2D eigenvalue weighted by atomic mass is 9.70. The number of hydrogen-bond acceptors (Lipinski definition) is 5. The van der Waals surface area contributed by atoms with E-state index in [-0.39, 0.29) is 18.8 Å². The van der Waals surface area contributed by atoms with Crippen LogP contribution in [0.1, 0.15) is 50.2 Å². The summed E-state index contributed by atoms with van der Waals surface area (Å²) in [7, 11) is 1.70. The average Bonchev–Trinajstić information content (AvgIpc) is 2.83. The predicted octanol–water partition coefficient (Wildman–Crippen LogP) is 3.34.